The number of non-ortho nitro benzene ring substituents is 1. The zero-order valence-corrected chi connectivity index (χ0v) is 9.66. The molecule has 2 rings (SSSR count). The van der Waals surface area contributed by atoms with Crippen LogP contribution < -0.4 is 0 Å². The summed E-state index contributed by atoms with van der Waals surface area (Å²) < 4.78 is 4.99. The summed E-state index contributed by atoms with van der Waals surface area (Å²) in [6.07, 6.45) is -7.33. The fourth-order valence-corrected chi connectivity index (χ4v) is 1.92. The highest BCUT2D eigenvalue weighted by molar-refractivity contribution is 5.34. The lowest BCUT2D eigenvalue weighted by Gasteiger charge is -2.38. The largest absolute Gasteiger partial charge is 0.387 e. The minimum atomic E-state index is -1.64. The van der Waals surface area contributed by atoms with Crippen LogP contribution in [-0.2, 0) is 4.74 Å². The summed E-state index contributed by atoms with van der Waals surface area (Å²) in [7, 11) is 0. The molecule has 0 aromatic heterocycles. The third-order valence-corrected chi connectivity index (χ3v) is 3.02. The van der Waals surface area contributed by atoms with Crippen LogP contribution in [0.1, 0.15) is 11.7 Å². The van der Waals surface area contributed by atoms with Gasteiger partial charge in [0.15, 0.2) is 6.29 Å². The van der Waals surface area contributed by atoms with Crippen molar-refractivity contribution in [2.45, 2.75) is 30.7 Å². The van der Waals surface area contributed by atoms with E-state index in [2.05, 4.69) is 0 Å². The number of hydrogen-bond donors (Lipinski definition) is 4. The van der Waals surface area contributed by atoms with Crippen molar-refractivity contribution in [1.82, 2.24) is 0 Å². The summed E-state index contributed by atoms with van der Waals surface area (Å²) in [5.74, 6) is 0. The first-order valence-corrected chi connectivity index (χ1v) is 5.54. The Hall–Kier alpha value is -1.58. The van der Waals surface area contributed by atoms with Gasteiger partial charge in [-0.25, -0.2) is 0 Å². The average molecular weight is 271 g/mol. The lowest BCUT2D eigenvalue weighted by Crippen LogP contribution is -2.54. The quantitative estimate of drug-likeness (QED) is 0.403. The predicted octanol–water partition coefficient (Wildman–Crippen LogP) is -0.933. The molecule has 1 heterocycles. The molecule has 1 saturated heterocycles. The molecule has 1 aliphatic heterocycles. The van der Waals surface area contributed by atoms with E-state index in [-0.39, 0.29) is 5.69 Å². The molecule has 1 fully saturated rings. The molecular formula is C11H13NO7. The topological polar surface area (TPSA) is 133 Å². The van der Waals surface area contributed by atoms with Crippen molar-refractivity contribution < 1.29 is 30.1 Å². The van der Waals surface area contributed by atoms with E-state index in [1.54, 1.807) is 0 Å². The summed E-state index contributed by atoms with van der Waals surface area (Å²) in [6, 6.07) is 5.14. The summed E-state index contributed by atoms with van der Waals surface area (Å²) in [6.45, 7) is 0. The number of hydrogen-bond acceptors (Lipinski definition) is 7. The Balaban J connectivity index is 2.23. The molecule has 1 aliphatic rings. The molecule has 0 aliphatic carbocycles. The Morgan fingerprint density at radius 2 is 1.58 bits per heavy atom. The second-order valence-electron chi connectivity index (χ2n) is 4.27. The van der Waals surface area contributed by atoms with Gasteiger partial charge in [0.25, 0.3) is 5.69 Å². The van der Waals surface area contributed by atoms with Crippen molar-refractivity contribution in [2.75, 3.05) is 0 Å². The van der Waals surface area contributed by atoms with Gasteiger partial charge in [0.05, 0.1) is 4.92 Å². The van der Waals surface area contributed by atoms with Crippen LogP contribution in [0.4, 0.5) is 5.69 Å². The van der Waals surface area contributed by atoms with Crippen LogP contribution in [0.2, 0.25) is 0 Å². The minimum Gasteiger partial charge on any atom is -0.387 e. The third kappa shape index (κ3) is 2.57. The van der Waals surface area contributed by atoms with Crippen molar-refractivity contribution >= 4 is 5.69 Å². The van der Waals surface area contributed by atoms with E-state index < -0.39 is 35.6 Å². The SMILES string of the molecule is O=[N+]([O-])c1ccc(C2O[C@@H](O)[C@H](O)[C@@H](O)[C@@H]2O)cc1. The summed E-state index contributed by atoms with van der Waals surface area (Å²) in [5, 5.41) is 48.5. The first-order chi connectivity index (χ1) is 8.91. The van der Waals surface area contributed by atoms with E-state index in [1.807, 2.05) is 0 Å². The number of nitro groups is 1. The molecule has 5 atom stereocenters. The molecule has 1 aromatic carbocycles. The maximum atomic E-state index is 10.5. The molecule has 0 amide bonds. The predicted molar refractivity (Wildman–Crippen MR) is 60.9 cm³/mol. The van der Waals surface area contributed by atoms with Crippen LogP contribution in [0, 0.1) is 10.1 Å². The highest BCUT2D eigenvalue weighted by Crippen LogP contribution is 2.32. The summed E-state index contributed by atoms with van der Waals surface area (Å²) >= 11 is 0. The standard InChI is InChI=1S/C11H13NO7/c13-7-8(14)10(19-11(16)9(7)15)5-1-3-6(4-2-5)12(17)18/h1-4,7-11,13-16H/t7-,8-,9+,10?,11+/m0/s1. The number of benzene rings is 1. The Morgan fingerprint density at radius 1 is 1.00 bits per heavy atom. The van der Waals surface area contributed by atoms with Crippen molar-refractivity contribution in [3.63, 3.8) is 0 Å². The molecule has 19 heavy (non-hydrogen) atoms. The lowest BCUT2D eigenvalue weighted by molar-refractivity contribution is -0.384. The molecule has 1 unspecified atom stereocenters. The van der Waals surface area contributed by atoms with Crippen LogP contribution in [-0.4, -0.2) is 50.0 Å². The van der Waals surface area contributed by atoms with Gasteiger partial charge in [0.2, 0.25) is 0 Å². The van der Waals surface area contributed by atoms with E-state index >= 15 is 0 Å². The number of nitro benzene ring substituents is 1. The Morgan fingerprint density at radius 3 is 2.11 bits per heavy atom. The van der Waals surface area contributed by atoms with Crippen molar-refractivity contribution in [3.8, 4) is 0 Å². The number of aliphatic hydroxyl groups is 4. The zero-order valence-electron chi connectivity index (χ0n) is 9.66. The Labute approximate surface area is 107 Å². The third-order valence-electron chi connectivity index (χ3n) is 3.02. The molecular weight excluding hydrogens is 258 g/mol. The molecule has 0 spiro atoms. The van der Waals surface area contributed by atoms with Gasteiger partial charge in [0, 0.05) is 12.1 Å². The maximum absolute atomic E-state index is 10.5. The minimum absolute atomic E-state index is 0.129. The zero-order chi connectivity index (χ0) is 14.2. The number of rotatable bonds is 2. The maximum Gasteiger partial charge on any atom is 0.269 e. The summed E-state index contributed by atoms with van der Waals surface area (Å²) in [4.78, 5) is 9.94. The highest BCUT2D eigenvalue weighted by atomic mass is 16.6. The molecule has 4 N–H and O–H groups in total. The van der Waals surface area contributed by atoms with Gasteiger partial charge in [-0.2, -0.15) is 0 Å². The van der Waals surface area contributed by atoms with Crippen LogP contribution in [0.25, 0.3) is 0 Å². The van der Waals surface area contributed by atoms with E-state index in [9.17, 15) is 30.5 Å². The molecule has 8 nitrogen and oxygen atoms in total. The molecule has 0 radical (unpaired) electrons. The van der Waals surface area contributed by atoms with Gasteiger partial charge in [-0.3, -0.25) is 10.1 Å². The van der Waals surface area contributed by atoms with Gasteiger partial charge in [0.1, 0.15) is 24.4 Å². The van der Waals surface area contributed by atoms with E-state index in [0.717, 1.165) is 0 Å². The van der Waals surface area contributed by atoms with Gasteiger partial charge in [-0.05, 0) is 17.7 Å². The normalized spacial score (nSPS) is 35.1. The Kier molecular flexibility index (Phi) is 3.78. The first-order valence-electron chi connectivity index (χ1n) is 5.54. The molecule has 0 bridgehead atoms. The van der Waals surface area contributed by atoms with Gasteiger partial charge in [-0.15, -0.1) is 0 Å². The van der Waals surface area contributed by atoms with Crippen LogP contribution >= 0.6 is 0 Å². The summed E-state index contributed by atoms with van der Waals surface area (Å²) in [5.41, 5.74) is 0.221. The van der Waals surface area contributed by atoms with Crippen LogP contribution in [0.3, 0.4) is 0 Å². The Bertz CT molecular complexity index is 463. The molecule has 104 valence electrons. The molecule has 1 aromatic rings. The molecule has 0 saturated carbocycles. The lowest BCUT2D eigenvalue weighted by atomic mass is 9.94. The van der Waals surface area contributed by atoms with E-state index in [4.69, 9.17) is 4.74 Å². The van der Waals surface area contributed by atoms with Crippen molar-refractivity contribution in [3.05, 3.63) is 39.9 Å². The van der Waals surface area contributed by atoms with Gasteiger partial charge < -0.3 is 25.2 Å². The second kappa shape index (κ2) is 5.19. The number of aliphatic hydroxyl groups excluding tert-OH is 4. The highest BCUT2D eigenvalue weighted by Gasteiger charge is 2.43. The van der Waals surface area contributed by atoms with Gasteiger partial charge >= 0.3 is 0 Å². The second-order valence-corrected chi connectivity index (χ2v) is 4.27. The number of ether oxygens (including phenoxy) is 1. The monoisotopic (exact) mass is 271 g/mol. The average Bonchev–Trinajstić information content (AvgIpc) is 2.40. The fourth-order valence-electron chi connectivity index (χ4n) is 1.92. The van der Waals surface area contributed by atoms with Crippen LogP contribution in [0.15, 0.2) is 24.3 Å². The van der Waals surface area contributed by atoms with E-state index in [0.29, 0.717) is 5.56 Å². The van der Waals surface area contributed by atoms with Gasteiger partial charge in [-0.1, -0.05) is 0 Å². The van der Waals surface area contributed by atoms with Crippen molar-refractivity contribution in [2.24, 2.45) is 0 Å². The number of nitrogens with zero attached hydrogens (tertiary/aromatic N) is 1. The smallest absolute Gasteiger partial charge is 0.269 e. The van der Waals surface area contributed by atoms with Crippen molar-refractivity contribution in [1.29, 1.82) is 0 Å². The molecule has 8 heteroatoms. The first kappa shape index (κ1) is 13.8. The van der Waals surface area contributed by atoms with E-state index in [1.165, 1.54) is 24.3 Å². The fraction of sp³-hybridized carbons (Fsp3) is 0.455. The van der Waals surface area contributed by atoms with Crippen LogP contribution in [0.5, 0.6) is 0 Å².